The first kappa shape index (κ1) is 11.2. The largest absolute Gasteiger partial charge is 0.496 e. The second-order valence-electron chi connectivity index (χ2n) is 2.51. The number of pyridine rings is 1. The van der Waals surface area contributed by atoms with E-state index in [4.69, 9.17) is 0 Å². The van der Waals surface area contributed by atoms with Crippen molar-refractivity contribution in [2.24, 2.45) is 0 Å². The van der Waals surface area contributed by atoms with Gasteiger partial charge in [-0.05, 0) is 9.91 Å². The molecule has 82 valence electrons. The normalized spacial score (nSPS) is 11.2. The lowest BCUT2D eigenvalue weighted by atomic mass is 10.3. The van der Waals surface area contributed by atoms with Crippen molar-refractivity contribution in [1.29, 1.82) is 0 Å². The zero-order valence-corrected chi connectivity index (χ0v) is 7.41. The molecule has 0 spiro atoms. The molecule has 0 aliphatic carbocycles. The Bertz CT molecular complexity index is 392. The Morgan fingerprint density at radius 2 is 2.07 bits per heavy atom. The number of nitrogens with zero attached hydrogens (tertiary/aromatic N) is 2. The van der Waals surface area contributed by atoms with Gasteiger partial charge in [0.2, 0.25) is 0 Å². The zero-order valence-electron chi connectivity index (χ0n) is 7.41. The third-order valence-corrected chi connectivity index (χ3v) is 1.50. The molecule has 0 amide bonds. The van der Waals surface area contributed by atoms with Crippen LogP contribution in [0, 0.1) is 10.1 Å². The van der Waals surface area contributed by atoms with Gasteiger partial charge in [-0.25, -0.2) is 0 Å². The number of nitro groups is 1. The number of rotatable bonds is 2. The molecular weight excluding hydrogens is 217 g/mol. The molecular formula is C7H5F3N2O3. The fraction of sp³-hybridized carbons (Fsp3) is 0.286. The lowest BCUT2D eigenvalue weighted by Crippen LogP contribution is -2.09. The number of ether oxygens (including phenoxy) is 1. The van der Waals surface area contributed by atoms with Gasteiger partial charge in [-0.2, -0.15) is 13.2 Å². The quantitative estimate of drug-likeness (QED) is 0.567. The molecule has 5 nitrogen and oxygen atoms in total. The molecule has 0 aromatic carbocycles. The Morgan fingerprint density at radius 3 is 2.47 bits per heavy atom. The Morgan fingerprint density at radius 1 is 1.47 bits per heavy atom. The number of methoxy groups -OCH3 is 1. The van der Waals surface area contributed by atoms with Gasteiger partial charge in [-0.3, -0.25) is 0 Å². The third kappa shape index (κ3) is 2.55. The van der Waals surface area contributed by atoms with Crippen molar-refractivity contribution < 1.29 is 22.8 Å². The van der Waals surface area contributed by atoms with Crippen LogP contribution < -0.4 is 4.74 Å². The fourth-order valence-electron chi connectivity index (χ4n) is 0.848. The SMILES string of the molecule is COc1cc([N+](=O)[O-])nc(C(F)(F)F)c1. The van der Waals surface area contributed by atoms with E-state index >= 15 is 0 Å². The van der Waals surface area contributed by atoms with Crippen LogP contribution in [0.4, 0.5) is 19.0 Å². The van der Waals surface area contributed by atoms with Gasteiger partial charge in [0.1, 0.15) is 5.75 Å². The molecule has 0 unspecified atom stereocenters. The van der Waals surface area contributed by atoms with Gasteiger partial charge in [-0.1, -0.05) is 0 Å². The average molecular weight is 222 g/mol. The van der Waals surface area contributed by atoms with E-state index in [1.54, 1.807) is 0 Å². The van der Waals surface area contributed by atoms with Crippen LogP contribution in [-0.4, -0.2) is 17.0 Å². The van der Waals surface area contributed by atoms with E-state index in [1.807, 2.05) is 0 Å². The second-order valence-corrected chi connectivity index (χ2v) is 2.51. The zero-order chi connectivity index (χ0) is 11.6. The van der Waals surface area contributed by atoms with Crippen LogP contribution >= 0.6 is 0 Å². The van der Waals surface area contributed by atoms with Gasteiger partial charge in [0, 0.05) is 6.07 Å². The molecule has 1 rings (SSSR count). The minimum Gasteiger partial charge on any atom is -0.496 e. The minimum absolute atomic E-state index is 0.260. The molecule has 0 aliphatic heterocycles. The number of alkyl halides is 3. The standard InChI is InChI=1S/C7H5F3N2O3/c1-15-4-2-5(7(8,9)10)11-6(3-4)12(13)14/h2-3H,1H3. The van der Waals surface area contributed by atoms with Crippen molar-refractivity contribution in [3.05, 3.63) is 27.9 Å². The van der Waals surface area contributed by atoms with Gasteiger partial charge in [0.05, 0.1) is 13.2 Å². The Labute approximate surface area is 81.6 Å². The lowest BCUT2D eigenvalue weighted by molar-refractivity contribution is -0.390. The molecule has 0 radical (unpaired) electrons. The van der Waals surface area contributed by atoms with Crippen LogP contribution in [0.3, 0.4) is 0 Å². The Kier molecular flexibility index (Phi) is 2.78. The van der Waals surface area contributed by atoms with Crippen LogP contribution in [0.5, 0.6) is 5.75 Å². The highest BCUT2D eigenvalue weighted by Crippen LogP contribution is 2.31. The summed E-state index contributed by atoms with van der Waals surface area (Å²) < 4.78 is 41.1. The number of aromatic nitrogens is 1. The van der Waals surface area contributed by atoms with Crippen LogP contribution in [-0.2, 0) is 6.18 Å². The first-order chi connectivity index (χ1) is 6.84. The van der Waals surface area contributed by atoms with Gasteiger partial charge in [0.15, 0.2) is 0 Å². The fourth-order valence-corrected chi connectivity index (χ4v) is 0.848. The summed E-state index contributed by atoms with van der Waals surface area (Å²) in [6.07, 6.45) is -4.74. The van der Waals surface area contributed by atoms with E-state index in [9.17, 15) is 23.3 Å². The minimum atomic E-state index is -4.74. The Hall–Kier alpha value is -1.86. The molecule has 15 heavy (non-hydrogen) atoms. The summed E-state index contributed by atoms with van der Waals surface area (Å²) in [6.45, 7) is 0. The van der Waals surface area contributed by atoms with E-state index in [-0.39, 0.29) is 5.75 Å². The van der Waals surface area contributed by atoms with E-state index in [0.717, 1.165) is 13.2 Å². The summed E-state index contributed by atoms with van der Waals surface area (Å²) in [4.78, 5) is 12.1. The number of halogens is 3. The molecule has 0 fully saturated rings. The predicted molar refractivity (Wildman–Crippen MR) is 42.4 cm³/mol. The first-order valence-electron chi connectivity index (χ1n) is 3.62. The van der Waals surface area contributed by atoms with Crippen molar-refractivity contribution in [3.8, 4) is 5.75 Å². The van der Waals surface area contributed by atoms with Gasteiger partial charge in [-0.15, -0.1) is 0 Å². The summed E-state index contributed by atoms with van der Waals surface area (Å²) >= 11 is 0. The van der Waals surface area contributed by atoms with Crippen molar-refractivity contribution in [2.75, 3.05) is 7.11 Å². The van der Waals surface area contributed by atoms with Crippen LogP contribution in [0.1, 0.15) is 5.69 Å². The molecule has 0 N–H and O–H groups in total. The molecule has 1 heterocycles. The van der Waals surface area contributed by atoms with Crippen LogP contribution in [0.25, 0.3) is 0 Å². The second kappa shape index (κ2) is 3.71. The van der Waals surface area contributed by atoms with E-state index in [1.165, 1.54) is 0 Å². The Balaban J connectivity index is 3.30. The maximum atomic E-state index is 12.2. The molecule has 0 bridgehead atoms. The third-order valence-electron chi connectivity index (χ3n) is 1.50. The summed E-state index contributed by atoms with van der Waals surface area (Å²) in [7, 11) is 1.11. The molecule has 0 atom stereocenters. The molecule has 0 saturated carbocycles. The first-order valence-corrected chi connectivity index (χ1v) is 3.62. The van der Waals surface area contributed by atoms with Crippen molar-refractivity contribution in [3.63, 3.8) is 0 Å². The smallest absolute Gasteiger partial charge is 0.458 e. The van der Waals surface area contributed by atoms with Crippen LogP contribution in [0.15, 0.2) is 12.1 Å². The molecule has 0 aliphatic rings. The lowest BCUT2D eigenvalue weighted by Gasteiger charge is -2.04. The maximum Gasteiger partial charge on any atom is 0.458 e. The summed E-state index contributed by atoms with van der Waals surface area (Å²) in [6, 6.07) is 1.40. The highest BCUT2D eigenvalue weighted by Gasteiger charge is 2.38. The predicted octanol–water partition coefficient (Wildman–Crippen LogP) is 2.02. The van der Waals surface area contributed by atoms with E-state index in [2.05, 4.69) is 9.72 Å². The highest BCUT2D eigenvalue weighted by molar-refractivity contribution is 5.35. The van der Waals surface area contributed by atoms with Gasteiger partial charge < -0.3 is 14.9 Å². The van der Waals surface area contributed by atoms with Crippen molar-refractivity contribution >= 4 is 5.82 Å². The van der Waals surface area contributed by atoms with E-state index in [0.29, 0.717) is 6.07 Å². The highest BCUT2D eigenvalue weighted by atomic mass is 19.4. The molecule has 1 aromatic rings. The molecule has 0 saturated heterocycles. The van der Waals surface area contributed by atoms with E-state index < -0.39 is 22.6 Å². The van der Waals surface area contributed by atoms with Crippen molar-refractivity contribution in [2.45, 2.75) is 6.18 Å². The number of hydrogen-bond acceptors (Lipinski definition) is 4. The van der Waals surface area contributed by atoms with Gasteiger partial charge >= 0.3 is 12.0 Å². The summed E-state index contributed by atoms with van der Waals surface area (Å²) in [5.74, 6) is -1.16. The summed E-state index contributed by atoms with van der Waals surface area (Å²) in [5, 5.41) is 10.3. The van der Waals surface area contributed by atoms with Gasteiger partial charge in [0.25, 0.3) is 5.69 Å². The number of hydrogen-bond donors (Lipinski definition) is 0. The van der Waals surface area contributed by atoms with Crippen LogP contribution in [0.2, 0.25) is 0 Å². The summed E-state index contributed by atoms with van der Waals surface area (Å²) in [5.41, 5.74) is -1.35. The monoisotopic (exact) mass is 222 g/mol. The molecule has 8 heteroatoms. The average Bonchev–Trinajstić information content (AvgIpc) is 2.15. The molecule has 1 aromatic heterocycles. The topological polar surface area (TPSA) is 65.3 Å². The maximum absolute atomic E-state index is 12.2. The van der Waals surface area contributed by atoms with Crippen molar-refractivity contribution in [1.82, 2.24) is 4.98 Å².